The lowest BCUT2D eigenvalue weighted by molar-refractivity contribution is -0.303. The number of carbonyl (C=O) groups is 1. The van der Waals surface area contributed by atoms with Gasteiger partial charge in [0.15, 0.2) is 5.79 Å². The number of aliphatic hydroxyl groups is 1. The topological polar surface area (TPSA) is 67.8 Å². The quantitative estimate of drug-likeness (QED) is 0.626. The second-order valence-electron chi connectivity index (χ2n) is 4.82. The first-order valence-corrected chi connectivity index (χ1v) is 5.15. The van der Waals surface area contributed by atoms with E-state index in [1.807, 2.05) is 13.8 Å². The monoisotopic (exact) mass is 215 g/mol. The Morgan fingerprint density at radius 1 is 1.60 bits per heavy atom. The lowest BCUT2D eigenvalue weighted by atomic mass is 9.89. The predicted octanol–water partition coefficient (Wildman–Crippen LogP) is -0.365. The number of amides is 1. The molecule has 5 nitrogen and oxygen atoms in total. The van der Waals surface area contributed by atoms with E-state index in [-0.39, 0.29) is 31.1 Å². The lowest BCUT2D eigenvalue weighted by Gasteiger charge is -2.45. The highest BCUT2D eigenvalue weighted by molar-refractivity contribution is 5.83. The minimum absolute atomic E-state index is 0.0876. The fourth-order valence-corrected chi connectivity index (χ4v) is 2.20. The van der Waals surface area contributed by atoms with Crippen molar-refractivity contribution < 1.29 is 19.4 Å². The van der Waals surface area contributed by atoms with Gasteiger partial charge in [-0.05, 0) is 13.8 Å². The molecule has 2 N–H and O–H groups in total. The molecule has 15 heavy (non-hydrogen) atoms. The van der Waals surface area contributed by atoms with E-state index in [9.17, 15) is 9.90 Å². The summed E-state index contributed by atoms with van der Waals surface area (Å²) < 4.78 is 11.2. The molecule has 0 aromatic rings. The first kappa shape index (κ1) is 10.9. The normalized spacial score (nSPS) is 43.6. The van der Waals surface area contributed by atoms with E-state index in [1.54, 1.807) is 6.92 Å². The van der Waals surface area contributed by atoms with Crippen LogP contribution in [0.15, 0.2) is 0 Å². The molecule has 86 valence electrons. The second-order valence-corrected chi connectivity index (χ2v) is 4.82. The molecule has 0 bridgehead atoms. The van der Waals surface area contributed by atoms with Gasteiger partial charge in [-0.2, -0.15) is 0 Å². The molecule has 2 fully saturated rings. The summed E-state index contributed by atoms with van der Waals surface area (Å²) in [6, 6.07) is 0. The van der Waals surface area contributed by atoms with Crippen LogP contribution in [0.4, 0.5) is 0 Å². The summed E-state index contributed by atoms with van der Waals surface area (Å²) in [5.74, 6) is -1.03. The molecule has 3 atom stereocenters. The SMILES string of the molecule is C[C@H]1C(=O)N[C@@]2(CO)COC(C)(C)O[C@@H]12. The van der Waals surface area contributed by atoms with E-state index < -0.39 is 11.3 Å². The fraction of sp³-hybridized carbons (Fsp3) is 0.900. The van der Waals surface area contributed by atoms with Crippen LogP contribution in [-0.2, 0) is 14.3 Å². The van der Waals surface area contributed by atoms with Crippen molar-refractivity contribution in [1.82, 2.24) is 5.32 Å². The molecule has 1 amide bonds. The zero-order valence-electron chi connectivity index (χ0n) is 9.24. The molecular weight excluding hydrogens is 198 g/mol. The van der Waals surface area contributed by atoms with Crippen molar-refractivity contribution in [3.05, 3.63) is 0 Å². The summed E-state index contributed by atoms with van der Waals surface area (Å²) >= 11 is 0. The first-order valence-electron chi connectivity index (χ1n) is 5.15. The van der Waals surface area contributed by atoms with Gasteiger partial charge in [-0.25, -0.2) is 0 Å². The van der Waals surface area contributed by atoms with Crippen molar-refractivity contribution in [2.45, 2.75) is 38.2 Å². The van der Waals surface area contributed by atoms with Crippen LogP contribution in [0.1, 0.15) is 20.8 Å². The number of nitrogens with one attached hydrogen (secondary N) is 1. The zero-order chi connectivity index (χ0) is 11.3. The van der Waals surface area contributed by atoms with Crippen LogP contribution in [0.25, 0.3) is 0 Å². The number of hydrogen-bond acceptors (Lipinski definition) is 4. The summed E-state index contributed by atoms with van der Waals surface area (Å²) in [5.41, 5.74) is -0.758. The number of rotatable bonds is 1. The van der Waals surface area contributed by atoms with Crippen LogP contribution in [0.3, 0.4) is 0 Å². The molecule has 2 saturated heterocycles. The summed E-state index contributed by atoms with van der Waals surface area (Å²) in [4.78, 5) is 11.6. The molecule has 2 rings (SSSR count). The van der Waals surface area contributed by atoms with Gasteiger partial charge in [0.25, 0.3) is 0 Å². The van der Waals surface area contributed by atoms with Crippen molar-refractivity contribution in [3.63, 3.8) is 0 Å². The molecule has 0 saturated carbocycles. The zero-order valence-corrected chi connectivity index (χ0v) is 9.24. The van der Waals surface area contributed by atoms with Crippen LogP contribution in [-0.4, -0.2) is 41.7 Å². The van der Waals surface area contributed by atoms with Crippen molar-refractivity contribution in [2.75, 3.05) is 13.2 Å². The maximum atomic E-state index is 11.6. The Bertz CT molecular complexity index is 291. The highest BCUT2D eigenvalue weighted by atomic mass is 16.7. The number of carbonyl (C=O) groups excluding carboxylic acids is 1. The van der Waals surface area contributed by atoms with Crippen LogP contribution in [0, 0.1) is 5.92 Å². The Hall–Kier alpha value is -0.650. The molecule has 2 aliphatic rings. The van der Waals surface area contributed by atoms with Crippen LogP contribution < -0.4 is 5.32 Å². The highest BCUT2D eigenvalue weighted by Crippen LogP contribution is 2.37. The van der Waals surface area contributed by atoms with E-state index in [0.717, 1.165) is 0 Å². The third-order valence-corrected chi connectivity index (χ3v) is 3.15. The molecular formula is C10H17NO4. The molecule has 2 heterocycles. The average molecular weight is 215 g/mol. The number of ether oxygens (including phenoxy) is 2. The van der Waals surface area contributed by atoms with E-state index in [2.05, 4.69) is 5.32 Å². The number of fused-ring (bicyclic) bond motifs is 1. The van der Waals surface area contributed by atoms with Gasteiger partial charge in [0.2, 0.25) is 5.91 Å². The highest BCUT2D eigenvalue weighted by Gasteiger charge is 2.57. The number of hydrogen-bond donors (Lipinski definition) is 2. The average Bonchev–Trinajstić information content (AvgIpc) is 2.41. The molecule has 0 aromatic carbocycles. The maximum Gasteiger partial charge on any atom is 0.226 e. The molecule has 0 spiro atoms. The van der Waals surface area contributed by atoms with Gasteiger partial charge in [0.1, 0.15) is 5.54 Å². The second kappa shape index (κ2) is 3.17. The van der Waals surface area contributed by atoms with E-state index in [4.69, 9.17) is 9.47 Å². The van der Waals surface area contributed by atoms with Gasteiger partial charge in [-0.1, -0.05) is 6.92 Å². The molecule has 0 aliphatic carbocycles. The minimum Gasteiger partial charge on any atom is -0.394 e. The Morgan fingerprint density at radius 2 is 2.27 bits per heavy atom. The van der Waals surface area contributed by atoms with Crippen molar-refractivity contribution in [2.24, 2.45) is 5.92 Å². The van der Waals surface area contributed by atoms with Gasteiger partial charge >= 0.3 is 0 Å². The molecule has 0 unspecified atom stereocenters. The summed E-state index contributed by atoms with van der Waals surface area (Å²) in [6.45, 7) is 5.55. The summed E-state index contributed by atoms with van der Waals surface area (Å²) in [6.07, 6.45) is -0.321. The van der Waals surface area contributed by atoms with Crippen LogP contribution in [0.5, 0.6) is 0 Å². The first-order chi connectivity index (χ1) is 6.90. The van der Waals surface area contributed by atoms with E-state index in [0.29, 0.717) is 0 Å². The Balaban J connectivity index is 2.28. The smallest absolute Gasteiger partial charge is 0.226 e. The molecule has 5 heteroatoms. The third-order valence-electron chi connectivity index (χ3n) is 3.15. The van der Waals surface area contributed by atoms with Gasteiger partial charge in [-0.3, -0.25) is 4.79 Å². The van der Waals surface area contributed by atoms with Crippen LogP contribution in [0.2, 0.25) is 0 Å². The Labute approximate surface area is 88.7 Å². The van der Waals surface area contributed by atoms with Crippen LogP contribution >= 0.6 is 0 Å². The Kier molecular flexibility index (Phi) is 2.29. The number of aliphatic hydroxyl groups excluding tert-OH is 1. The van der Waals surface area contributed by atoms with E-state index in [1.165, 1.54) is 0 Å². The summed E-state index contributed by atoms with van der Waals surface area (Å²) in [7, 11) is 0. The van der Waals surface area contributed by atoms with Gasteiger partial charge in [-0.15, -0.1) is 0 Å². The fourth-order valence-electron chi connectivity index (χ4n) is 2.20. The van der Waals surface area contributed by atoms with Gasteiger partial charge in [0.05, 0.1) is 25.2 Å². The Morgan fingerprint density at radius 3 is 2.87 bits per heavy atom. The third kappa shape index (κ3) is 1.55. The van der Waals surface area contributed by atoms with Gasteiger partial charge in [0, 0.05) is 0 Å². The largest absolute Gasteiger partial charge is 0.394 e. The van der Waals surface area contributed by atoms with Crippen molar-refractivity contribution in [1.29, 1.82) is 0 Å². The maximum absolute atomic E-state index is 11.6. The molecule has 2 aliphatic heterocycles. The summed E-state index contributed by atoms with van der Waals surface area (Å²) in [5, 5.41) is 12.2. The molecule has 0 aromatic heterocycles. The van der Waals surface area contributed by atoms with Crippen molar-refractivity contribution in [3.8, 4) is 0 Å². The van der Waals surface area contributed by atoms with Gasteiger partial charge < -0.3 is 19.9 Å². The molecule has 0 radical (unpaired) electrons. The van der Waals surface area contributed by atoms with Crippen molar-refractivity contribution >= 4 is 5.91 Å². The minimum atomic E-state index is -0.758. The van der Waals surface area contributed by atoms with E-state index >= 15 is 0 Å². The predicted molar refractivity (Wildman–Crippen MR) is 52.0 cm³/mol. The standard InChI is InChI=1S/C10H17NO4/c1-6-7-10(4-12,11-8(6)13)5-14-9(2,3)15-7/h6-7,12H,4-5H2,1-3H3,(H,11,13)/t6-,7+,10+/m1/s1. The lowest BCUT2D eigenvalue weighted by Crippen LogP contribution is -2.63.